The van der Waals surface area contributed by atoms with E-state index in [1.165, 1.54) is 6.33 Å². The van der Waals surface area contributed by atoms with Gasteiger partial charge in [0, 0.05) is 6.42 Å². The highest BCUT2D eigenvalue weighted by atomic mass is 16.6. The molecule has 1 fully saturated rings. The molecule has 0 aliphatic carbocycles. The monoisotopic (exact) mass is 635 g/mol. The molecule has 3 heterocycles. The van der Waals surface area contributed by atoms with Crippen LogP contribution in [0.25, 0.3) is 11.2 Å². The SMILES string of the molecule is C=CCCC(=O)Nc1ncnc2c1ncn2[C@@H]1CO[C@H](COC(c2ccccc2)(c2ccc(OC)cc2)c2ccc(OC)cc2)[C@H]1O. The molecule has 0 spiro atoms. The van der Waals surface area contributed by atoms with Gasteiger partial charge >= 0.3 is 0 Å². The third-order valence-electron chi connectivity index (χ3n) is 8.44. The molecule has 1 saturated heterocycles. The maximum Gasteiger partial charge on any atom is 0.225 e. The summed E-state index contributed by atoms with van der Waals surface area (Å²) in [5, 5.41) is 14.4. The second kappa shape index (κ2) is 14.1. The summed E-state index contributed by atoms with van der Waals surface area (Å²) in [6.45, 7) is 3.93. The molecule has 0 saturated carbocycles. The van der Waals surface area contributed by atoms with Gasteiger partial charge < -0.3 is 33.9 Å². The first-order valence-corrected chi connectivity index (χ1v) is 15.3. The van der Waals surface area contributed by atoms with E-state index >= 15 is 0 Å². The number of aliphatic hydroxyl groups is 1. The van der Waals surface area contributed by atoms with E-state index in [0.29, 0.717) is 23.4 Å². The third-order valence-corrected chi connectivity index (χ3v) is 8.44. The molecular weight excluding hydrogens is 598 g/mol. The molecule has 0 radical (unpaired) electrons. The van der Waals surface area contributed by atoms with E-state index in [1.54, 1.807) is 31.2 Å². The first kappa shape index (κ1) is 31.9. The van der Waals surface area contributed by atoms with E-state index < -0.39 is 23.9 Å². The normalized spacial score (nSPS) is 17.8. The van der Waals surface area contributed by atoms with Gasteiger partial charge in [-0.1, -0.05) is 60.7 Å². The lowest BCUT2D eigenvalue weighted by Gasteiger charge is -2.37. The first-order valence-electron chi connectivity index (χ1n) is 15.3. The van der Waals surface area contributed by atoms with Crippen molar-refractivity contribution in [2.24, 2.45) is 0 Å². The van der Waals surface area contributed by atoms with Crippen molar-refractivity contribution >= 4 is 22.9 Å². The van der Waals surface area contributed by atoms with E-state index in [0.717, 1.165) is 28.2 Å². The van der Waals surface area contributed by atoms with Gasteiger partial charge in [-0.15, -0.1) is 6.58 Å². The molecule has 2 N–H and O–H groups in total. The Hall–Kier alpha value is -5.10. The number of ether oxygens (including phenoxy) is 4. The van der Waals surface area contributed by atoms with E-state index in [4.69, 9.17) is 18.9 Å². The fraction of sp³-hybridized carbons (Fsp3) is 0.278. The van der Waals surface area contributed by atoms with Gasteiger partial charge in [0.1, 0.15) is 35.6 Å². The minimum atomic E-state index is -1.06. The van der Waals surface area contributed by atoms with Crippen molar-refractivity contribution in [3.05, 3.63) is 121 Å². The lowest BCUT2D eigenvalue weighted by molar-refractivity contribution is -0.116. The summed E-state index contributed by atoms with van der Waals surface area (Å²) in [7, 11) is 3.26. The van der Waals surface area contributed by atoms with Crippen LogP contribution in [0.3, 0.4) is 0 Å². The van der Waals surface area contributed by atoms with Crippen LogP contribution >= 0.6 is 0 Å². The molecule has 11 nitrogen and oxygen atoms in total. The molecule has 1 amide bonds. The summed E-state index contributed by atoms with van der Waals surface area (Å²) in [4.78, 5) is 25.5. The van der Waals surface area contributed by atoms with Gasteiger partial charge in [-0.3, -0.25) is 4.79 Å². The molecule has 0 unspecified atom stereocenters. The molecule has 3 aromatic carbocycles. The quantitative estimate of drug-likeness (QED) is 0.135. The van der Waals surface area contributed by atoms with Crippen molar-refractivity contribution in [1.82, 2.24) is 19.5 Å². The fourth-order valence-corrected chi connectivity index (χ4v) is 5.95. The Morgan fingerprint density at radius 2 is 1.62 bits per heavy atom. The van der Waals surface area contributed by atoms with Crippen LogP contribution in [0, 0.1) is 0 Å². The van der Waals surface area contributed by atoms with Crippen LogP contribution in [0.15, 0.2) is 104 Å². The summed E-state index contributed by atoms with van der Waals surface area (Å²) in [5.74, 6) is 1.55. The first-order chi connectivity index (χ1) is 23.0. The van der Waals surface area contributed by atoms with Gasteiger partial charge in [0.25, 0.3) is 0 Å². The second-order valence-corrected chi connectivity index (χ2v) is 11.2. The fourth-order valence-electron chi connectivity index (χ4n) is 5.95. The number of benzene rings is 3. The van der Waals surface area contributed by atoms with Crippen molar-refractivity contribution in [2.75, 3.05) is 32.8 Å². The predicted molar refractivity (Wildman–Crippen MR) is 176 cm³/mol. The Bertz CT molecular complexity index is 1760. The lowest BCUT2D eigenvalue weighted by Crippen LogP contribution is -2.39. The predicted octanol–water partition coefficient (Wildman–Crippen LogP) is 5.06. The molecule has 5 aromatic rings. The number of carbonyl (C=O) groups is 1. The molecule has 0 bridgehead atoms. The summed E-state index contributed by atoms with van der Waals surface area (Å²) < 4.78 is 25.8. The van der Waals surface area contributed by atoms with Gasteiger partial charge in [0.2, 0.25) is 5.91 Å². The average molecular weight is 636 g/mol. The second-order valence-electron chi connectivity index (χ2n) is 11.2. The third kappa shape index (κ3) is 6.33. The zero-order valence-corrected chi connectivity index (χ0v) is 26.3. The number of fused-ring (bicyclic) bond motifs is 1. The number of carbonyl (C=O) groups excluding carboxylic acids is 1. The number of aliphatic hydroxyl groups excluding tert-OH is 1. The topological polar surface area (TPSA) is 130 Å². The van der Waals surface area contributed by atoms with Gasteiger partial charge in [0.15, 0.2) is 17.0 Å². The molecule has 1 aliphatic heterocycles. The van der Waals surface area contributed by atoms with Crippen LogP contribution in [0.4, 0.5) is 5.82 Å². The van der Waals surface area contributed by atoms with Gasteiger partial charge in [-0.05, 0) is 47.4 Å². The number of allylic oxidation sites excluding steroid dienone is 1. The highest BCUT2D eigenvalue weighted by Gasteiger charge is 2.43. The van der Waals surface area contributed by atoms with Crippen LogP contribution in [0.2, 0.25) is 0 Å². The number of hydrogen-bond donors (Lipinski definition) is 2. The van der Waals surface area contributed by atoms with Crippen molar-refractivity contribution in [1.29, 1.82) is 0 Å². The van der Waals surface area contributed by atoms with Crippen LogP contribution in [-0.4, -0.2) is 70.2 Å². The Morgan fingerprint density at radius 1 is 0.979 bits per heavy atom. The Morgan fingerprint density at radius 3 is 2.23 bits per heavy atom. The van der Waals surface area contributed by atoms with Crippen molar-refractivity contribution in [2.45, 2.75) is 36.7 Å². The summed E-state index contributed by atoms with van der Waals surface area (Å²) in [5.41, 5.74) is 2.49. The molecule has 2 aromatic heterocycles. The largest absolute Gasteiger partial charge is 0.497 e. The highest BCUT2D eigenvalue weighted by Crippen LogP contribution is 2.42. The van der Waals surface area contributed by atoms with Crippen molar-refractivity contribution in [3.8, 4) is 11.5 Å². The van der Waals surface area contributed by atoms with Crippen molar-refractivity contribution in [3.63, 3.8) is 0 Å². The maximum atomic E-state index is 12.4. The van der Waals surface area contributed by atoms with Crippen LogP contribution in [0.5, 0.6) is 11.5 Å². The Labute approximate surface area is 272 Å². The minimum absolute atomic E-state index is 0.0663. The minimum Gasteiger partial charge on any atom is -0.497 e. The lowest BCUT2D eigenvalue weighted by atomic mass is 9.80. The van der Waals surface area contributed by atoms with Crippen LogP contribution in [-0.2, 0) is 19.9 Å². The zero-order chi connectivity index (χ0) is 32.8. The number of hydrogen-bond acceptors (Lipinski definition) is 9. The summed E-state index contributed by atoms with van der Waals surface area (Å²) in [6, 6.07) is 25.0. The Balaban J connectivity index is 1.30. The zero-order valence-electron chi connectivity index (χ0n) is 26.3. The van der Waals surface area contributed by atoms with E-state index in [9.17, 15) is 9.90 Å². The van der Waals surface area contributed by atoms with Crippen LogP contribution in [0.1, 0.15) is 35.6 Å². The van der Waals surface area contributed by atoms with E-state index in [2.05, 4.69) is 26.8 Å². The maximum absolute atomic E-state index is 12.4. The van der Waals surface area contributed by atoms with Gasteiger partial charge in [-0.25, -0.2) is 15.0 Å². The number of nitrogens with zero attached hydrogens (tertiary/aromatic N) is 4. The molecule has 3 atom stereocenters. The highest BCUT2D eigenvalue weighted by molar-refractivity contribution is 5.96. The van der Waals surface area contributed by atoms with Gasteiger partial charge in [-0.2, -0.15) is 0 Å². The van der Waals surface area contributed by atoms with Crippen LogP contribution < -0.4 is 14.8 Å². The number of rotatable bonds is 13. The molecule has 6 rings (SSSR count). The smallest absolute Gasteiger partial charge is 0.225 e. The summed E-state index contributed by atoms with van der Waals surface area (Å²) in [6.07, 6.45) is 3.84. The standard InChI is InChI=1S/C36H37N5O6/c1-4-5-11-31(42)40-34-32-35(38-22-37-34)41(23-39-32)29-20-46-30(33(29)43)21-47-36(24-9-7-6-8-10-24,25-12-16-27(44-2)17-13-25)26-14-18-28(45-3)19-15-26/h4,6-10,12-19,22-23,29-30,33,43H,1,5,11,20-21H2,2-3H3,(H,37,38,40,42)/t29-,30-,33+/m1/s1. The van der Waals surface area contributed by atoms with Gasteiger partial charge in [0.05, 0.1) is 39.8 Å². The molecular formula is C36H37N5O6. The molecule has 1 aliphatic rings. The van der Waals surface area contributed by atoms with E-state index in [-0.39, 0.29) is 25.5 Å². The van der Waals surface area contributed by atoms with Crippen molar-refractivity contribution < 1.29 is 28.8 Å². The number of amides is 1. The molecule has 47 heavy (non-hydrogen) atoms. The number of aromatic nitrogens is 4. The Kier molecular flexibility index (Phi) is 9.58. The average Bonchev–Trinajstić information content (AvgIpc) is 3.71. The number of imidazole rings is 1. The number of anilines is 1. The molecule has 242 valence electrons. The summed E-state index contributed by atoms with van der Waals surface area (Å²) >= 11 is 0. The van der Waals surface area contributed by atoms with E-state index in [1.807, 2.05) is 78.9 Å². The molecule has 11 heteroatoms. The number of methoxy groups -OCH3 is 2. The number of nitrogens with one attached hydrogen (secondary N) is 1.